The number of carbonyl (C=O) groups excluding carboxylic acids is 2. The molecule has 0 unspecified atom stereocenters. The third-order valence-electron chi connectivity index (χ3n) is 3.36. The van der Waals surface area contributed by atoms with Crippen LogP contribution in [-0.2, 0) is 4.79 Å². The molecule has 0 aliphatic carbocycles. The summed E-state index contributed by atoms with van der Waals surface area (Å²) in [6.07, 6.45) is 0. The number of carbonyl (C=O) groups is 2. The number of halogens is 2. The second-order valence-electron chi connectivity index (χ2n) is 5.55. The number of esters is 1. The first-order valence-corrected chi connectivity index (χ1v) is 8.20. The van der Waals surface area contributed by atoms with E-state index in [1.807, 2.05) is 0 Å². The van der Waals surface area contributed by atoms with Crippen LogP contribution in [0.3, 0.4) is 0 Å². The second kappa shape index (κ2) is 8.06. The van der Waals surface area contributed by atoms with E-state index in [0.717, 1.165) is 4.47 Å². The van der Waals surface area contributed by atoms with Crippen LogP contribution in [0.2, 0.25) is 0 Å². The van der Waals surface area contributed by atoms with Crippen LogP contribution in [0, 0.1) is 11.7 Å². The van der Waals surface area contributed by atoms with Crippen molar-refractivity contribution in [2.45, 2.75) is 19.9 Å². The zero-order valence-electron chi connectivity index (χ0n) is 13.3. The molecular formula is C18H17BrFNO3. The fourth-order valence-electron chi connectivity index (χ4n) is 2.04. The molecule has 0 radical (unpaired) electrons. The third kappa shape index (κ3) is 4.64. The zero-order valence-corrected chi connectivity index (χ0v) is 14.8. The minimum atomic E-state index is -0.888. The topological polar surface area (TPSA) is 55.4 Å². The molecule has 0 bridgehead atoms. The molecule has 0 fully saturated rings. The summed E-state index contributed by atoms with van der Waals surface area (Å²) in [5, 5.41) is 2.54. The lowest BCUT2D eigenvalue weighted by Crippen LogP contribution is -2.46. The fraction of sp³-hybridized carbons (Fsp3) is 0.222. The molecule has 4 nitrogen and oxygen atoms in total. The number of nitrogens with one attached hydrogen (secondary N) is 1. The highest BCUT2D eigenvalue weighted by Crippen LogP contribution is 2.18. The lowest BCUT2D eigenvalue weighted by Gasteiger charge is -2.21. The van der Waals surface area contributed by atoms with Crippen LogP contribution in [0.25, 0.3) is 0 Å². The van der Waals surface area contributed by atoms with E-state index in [1.54, 1.807) is 44.2 Å². The lowest BCUT2D eigenvalue weighted by molar-refractivity contribution is -0.137. The van der Waals surface area contributed by atoms with Gasteiger partial charge in [0.15, 0.2) is 0 Å². The van der Waals surface area contributed by atoms with E-state index in [2.05, 4.69) is 21.2 Å². The Kier molecular flexibility index (Phi) is 6.09. The molecule has 1 N–H and O–H groups in total. The Morgan fingerprint density at radius 3 is 2.29 bits per heavy atom. The van der Waals surface area contributed by atoms with Gasteiger partial charge < -0.3 is 10.1 Å². The van der Waals surface area contributed by atoms with Gasteiger partial charge in [0.25, 0.3) is 5.91 Å². The van der Waals surface area contributed by atoms with E-state index in [-0.39, 0.29) is 11.5 Å². The van der Waals surface area contributed by atoms with Crippen molar-refractivity contribution in [1.29, 1.82) is 0 Å². The number of ether oxygens (including phenoxy) is 1. The average Bonchev–Trinajstić information content (AvgIpc) is 2.54. The van der Waals surface area contributed by atoms with Crippen molar-refractivity contribution >= 4 is 27.8 Å². The predicted molar refractivity (Wildman–Crippen MR) is 92.3 cm³/mol. The molecule has 2 aromatic rings. The van der Waals surface area contributed by atoms with Gasteiger partial charge in [-0.15, -0.1) is 0 Å². The highest BCUT2D eigenvalue weighted by Gasteiger charge is 2.27. The molecule has 0 aromatic heterocycles. The van der Waals surface area contributed by atoms with Crippen LogP contribution < -0.4 is 10.1 Å². The van der Waals surface area contributed by atoms with Crippen molar-refractivity contribution in [2.24, 2.45) is 5.92 Å². The summed E-state index contributed by atoms with van der Waals surface area (Å²) in [6.45, 7) is 3.55. The van der Waals surface area contributed by atoms with Gasteiger partial charge in [0.1, 0.15) is 17.6 Å². The molecule has 2 aromatic carbocycles. The summed E-state index contributed by atoms with van der Waals surface area (Å²) in [6, 6.07) is 11.5. The Hall–Kier alpha value is -2.21. The second-order valence-corrected chi connectivity index (χ2v) is 6.47. The smallest absolute Gasteiger partial charge is 0.334 e. The maximum absolute atomic E-state index is 13.7. The maximum atomic E-state index is 13.7. The largest absolute Gasteiger partial charge is 0.425 e. The lowest BCUT2D eigenvalue weighted by atomic mass is 10.0. The number of hydrogen-bond donors (Lipinski definition) is 1. The van der Waals surface area contributed by atoms with Gasteiger partial charge in [0.05, 0.1) is 5.56 Å². The Bertz CT molecular complexity index is 731. The summed E-state index contributed by atoms with van der Waals surface area (Å²) < 4.78 is 19.8. The molecule has 24 heavy (non-hydrogen) atoms. The van der Waals surface area contributed by atoms with Gasteiger partial charge in [0, 0.05) is 4.47 Å². The van der Waals surface area contributed by atoms with E-state index in [9.17, 15) is 14.0 Å². The van der Waals surface area contributed by atoms with Crippen LogP contribution >= 0.6 is 15.9 Å². The summed E-state index contributed by atoms with van der Waals surface area (Å²) in [5.41, 5.74) is -0.111. The van der Waals surface area contributed by atoms with Gasteiger partial charge in [0.2, 0.25) is 0 Å². The van der Waals surface area contributed by atoms with Crippen LogP contribution in [0.1, 0.15) is 24.2 Å². The normalized spacial score (nSPS) is 11.9. The molecular weight excluding hydrogens is 377 g/mol. The predicted octanol–water partition coefficient (Wildman–Crippen LogP) is 3.95. The Balaban J connectivity index is 2.11. The van der Waals surface area contributed by atoms with Gasteiger partial charge in [-0.25, -0.2) is 9.18 Å². The molecule has 6 heteroatoms. The Morgan fingerprint density at radius 1 is 1.08 bits per heavy atom. The summed E-state index contributed by atoms with van der Waals surface area (Å²) >= 11 is 3.30. The maximum Gasteiger partial charge on any atom is 0.334 e. The van der Waals surface area contributed by atoms with E-state index in [0.29, 0.717) is 5.75 Å². The van der Waals surface area contributed by atoms with Crippen molar-refractivity contribution in [2.75, 3.05) is 0 Å². The number of amides is 1. The van der Waals surface area contributed by atoms with Crippen LogP contribution in [0.5, 0.6) is 5.75 Å². The van der Waals surface area contributed by atoms with Gasteiger partial charge in [-0.3, -0.25) is 4.79 Å². The summed E-state index contributed by atoms with van der Waals surface area (Å²) in [4.78, 5) is 24.6. The molecule has 0 aliphatic heterocycles. The van der Waals surface area contributed by atoms with Crippen molar-refractivity contribution in [3.8, 4) is 5.75 Å². The fourth-order valence-corrected chi connectivity index (χ4v) is 2.31. The minimum absolute atomic E-state index is 0.111. The first-order chi connectivity index (χ1) is 11.4. The SMILES string of the molecule is CC(C)[C@H](NC(=O)c1ccccc1F)C(=O)Oc1ccc(Br)cc1. The van der Waals surface area contributed by atoms with Gasteiger partial charge in [-0.1, -0.05) is 41.9 Å². The van der Waals surface area contributed by atoms with Gasteiger partial charge in [-0.2, -0.15) is 0 Å². The first-order valence-electron chi connectivity index (χ1n) is 7.41. The molecule has 2 rings (SSSR count). The van der Waals surface area contributed by atoms with E-state index < -0.39 is 23.7 Å². The Labute approximate surface area is 148 Å². The number of hydrogen-bond acceptors (Lipinski definition) is 3. The molecule has 0 saturated carbocycles. The summed E-state index contributed by atoms with van der Waals surface area (Å²) in [7, 11) is 0. The van der Waals surface area contributed by atoms with Gasteiger partial charge in [-0.05, 0) is 42.3 Å². The zero-order chi connectivity index (χ0) is 17.7. The number of rotatable bonds is 5. The quantitative estimate of drug-likeness (QED) is 0.617. The highest BCUT2D eigenvalue weighted by atomic mass is 79.9. The molecule has 126 valence electrons. The number of benzene rings is 2. The van der Waals surface area contributed by atoms with Gasteiger partial charge >= 0.3 is 5.97 Å². The van der Waals surface area contributed by atoms with Crippen LogP contribution in [-0.4, -0.2) is 17.9 Å². The molecule has 1 atom stereocenters. The van der Waals surface area contributed by atoms with E-state index in [4.69, 9.17) is 4.74 Å². The average molecular weight is 394 g/mol. The molecule has 0 heterocycles. The molecule has 0 spiro atoms. The monoisotopic (exact) mass is 393 g/mol. The highest BCUT2D eigenvalue weighted by molar-refractivity contribution is 9.10. The first kappa shape index (κ1) is 18.1. The van der Waals surface area contributed by atoms with E-state index >= 15 is 0 Å². The summed E-state index contributed by atoms with van der Waals surface area (Å²) in [5.74, 6) is -1.74. The van der Waals surface area contributed by atoms with Crippen molar-refractivity contribution < 1.29 is 18.7 Å². The van der Waals surface area contributed by atoms with Crippen molar-refractivity contribution in [1.82, 2.24) is 5.32 Å². The van der Waals surface area contributed by atoms with Crippen LogP contribution in [0.15, 0.2) is 53.0 Å². The Morgan fingerprint density at radius 2 is 1.71 bits per heavy atom. The third-order valence-corrected chi connectivity index (χ3v) is 3.89. The molecule has 0 saturated heterocycles. The van der Waals surface area contributed by atoms with Crippen molar-refractivity contribution in [3.05, 3.63) is 64.4 Å². The van der Waals surface area contributed by atoms with Crippen LogP contribution in [0.4, 0.5) is 4.39 Å². The minimum Gasteiger partial charge on any atom is -0.425 e. The molecule has 1 amide bonds. The standard InChI is InChI=1S/C18H17BrFNO3/c1-11(2)16(18(23)24-13-9-7-12(19)8-10-13)21-17(22)14-5-3-4-6-15(14)20/h3-11,16H,1-2H3,(H,21,22)/t16-/m0/s1. The van der Waals surface area contributed by atoms with Crippen molar-refractivity contribution in [3.63, 3.8) is 0 Å². The van der Waals surface area contributed by atoms with E-state index in [1.165, 1.54) is 18.2 Å². The molecule has 0 aliphatic rings.